The molecule has 128 valence electrons. The van der Waals surface area contributed by atoms with Crippen molar-refractivity contribution in [2.45, 2.75) is 19.5 Å². The van der Waals surface area contributed by atoms with Crippen molar-refractivity contribution < 1.29 is 4.79 Å². The lowest BCUT2D eigenvalue weighted by molar-refractivity contribution is -0.118. The van der Waals surface area contributed by atoms with Crippen LogP contribution in [0.4, 0.5) is 5.82 Å². The summed E-state index contributed by atoms with van der Waals surface area (Å²) in [6.07, 6.45) is 1.72. The van der Waals surface area contributed by atoms with Gasteiger partial charge in [0.2, 0.25) is 5.91 Å². The largest absolute Gasteiger partial charge is 0.310 e. The SMILES string of the molecule is CC1CN(C)CCN1CC(=O)Nc1ccnn1Cc1ccccc1. The van der Waals surface area contributed by atoms with Crippen molar-refractivity contribution in [2.75, 3.05) is 38.5 Å². The van der Waals surface area contributed by atoms with Crippen LogP contribution in [-0.4, -0.2) is 64.8 Å². The summed E-state index contributed by atoms with van der Waals surface area (Å²) in [7, 11) is 2.12. The van der Waals surface area contributed by atoms with Gasteiger partial charge in [-0.05, 0) is 19.5 Å². The van der Waals surface area contributed by atoms with Crippen molar-refractivity contribution in [3.63, 3.8) is 0 Å². The zero-order valence-corrected chi connectivity index (χ0v) is 14.4. The summed E-state index contributed by atoms with van der Waals surface area (Å²) < 4.78 is 1.82. The minimum absolute atomic E-state index is 0.0150. The van der Waals surface area contributed by atoms with Gasteiger partial charge >= 0.3 is 0 Å². The summed E-state index contributed by atoms with van der Waals surface area (Å²) in [5.41, 5.74) is 1.16. The van der Waals surface area contributed by atoms with Crippen LogP contribution in [0.15, 0.2) is 42.6 Å². The van der Waals surface area contributed by atoms with Crippen molar-refractivity contribution in [2.24, 2.45) is 0 Å². The molecular weight excluding hydrogens is 302 g/mol. The number of likely N-dealkylation sites (N-methyl/N-ethyl adjacent to an activating group) is 1. The molecule has 2 aromatic rings. The minimum Gasteiger partial charge on any atom is -0.310 e. The van der Waals surface area contributed by atoms with E-state index in [-0.39, 0.29) is 5.91 Å². The lowest BCUT2D eigenvalue weighted by Crippen LogP contribution is -2.52. The first-order valence-corrected chi connectivity index (χ1v) is 8.40. The first kappa shape index (κ1) is 16.7. The smallest absolute Gasteiger partial charge is 0.239 e. The molecule has 1 fully saturated rings. The van der Waals surface area contributed by atoms with Crippen LogP contribution < -0.4 is 5.32 Å². The van der Waals surface area contributed by atoms with Gasteiger partial charge in [0.25, 0.3) is 0 Å². The van der Waals surface area contributed by atoms with Gasteiger partial charge in [-0.15, -0.1) is 0 Å². The highest BCUT2D eigenvalue weighted by Gasteiger charge is 2.23. The summed E-state index contributed by atoms with van der Waals surface area (Å²) in [6, 6.07) is 12.3. The van der Waals surface area contributed by atoms with Crippen molar-refractivity contribution in [1.29, 1.82) is 0 Å². The molecule has 1 aromatic carbocycles. The second kappa shape index (κ2) is 7.59. The Bertz CT molecular complexity index is 669. The van der Waals surface area contributed by atoms with E-state index in [1.165, 1.54) is 0 Å². The summed E-state index contributed by atoms with van der Waals surface area (Å²) in [5.74, 6) is 0.756. The second-order valence-corrected chi connectivity index (χ2v) is 6.49. The van der Waals surface area contributed by atoms with Crippen LogP contribution in [0.5, 0.6) is 0 Å². The van der Waals surface area contributed by atoms with E-state index in [2.05, 4.69) is 46.3 Å². The first-order chi connectivity index (χ1) is 11.6. The molecule has 1 aromatic heterocycles. The monoisotopic (exact) mass is 327 g/mol. The van der Waals surface area contributed by atoms with Crippen LogP contribution in [0.1, 0.15) is 12.5 Å². The zero-order valence-electron chi connectivity index (χ0n) is 14.4. The van der Waals surface area contributed by atoms with Crippen LogP contribution in [-0.2, 0) is 11.3 Å². The molecule has 1 atom stereocenters. The van der Waals surface area contributed by atoms with Crippen LogP contribution >= 0.6 is 0 Å². The Morgan fingerprint density at radius 2 is 2.04 bits per heavy atom. The number of amides is 1. The van der Waals surface area contributed by atoms with E-state index >= 15 is 0 Å². The molecule has 1 amide bonds. The van der Waals surface area contributed by atoms with Gasteiger partial charge in [-0.2, -0.15) is 5.10 Å². The number of hydrogen-bond donors (Lipinski definition) is 1. The maximum atomic E-state index is 12.4. The average Bonchev–Trinajstić information content (AvgIpc) is 2.98. The van der Waals surface area contributed by atoms with E-state index in [4.69, 9.17) is 0 Å². The van der Waals surface area contributed by atoms with E-state index in [1.807, 2.05) is 28.9 Å². The van der Waals surface area contributed by atoms with Gasteiger partial charge in [0.15, 0.2) is 0 Å². The third kappa shape index (κ3) is 4.21. The minimum atomic E-state index is 0.0150. The fourth-order valence-electron chi connectivity index (χ4n) is 3.10. The van der Waals surface area contributed by atoms with Crippen molar-refractivity contribution in [3.05, 3.63) is 48.2 Å². The van der Waals surface area contributed by atoms with Gasteiger partial charge in [-0.1, -0.05) is 30.3 Å². The van der Waals surface area contributed by atoms with Crippen LogP contribution in [0.2, 0.25) is 0 Å². The number of carbonyl (C=O) groups excluding carboxylic acids is 1. The van der Waals surface area contributed by atoms with Crippen LogP contribution in [0.3, 0.4) is 0 Å². The van der Waals surface area contributed by atoms with Crippen LogP contribution in [0.25, 0.3) is 0 Å². The number of anilines is 1. The van der Waals surface area contributed by atoms with E-state index in [1.54, 1.807) is 6.20 Å². The summed E-state index contributed by atoms with van der Waals surface area (Å²) in [6.45, 7) is 6.17. The molecule has 1 aliphatic rings. The molecule has 6 heteroatoms. The Morgan fingerprint density at radius 1 is 1.25 bits per heavy atom. The maximum absolute atomic E-state index is 12.4. The van der Waals surface area contributed by atoms with Crippen molar-refractivity contribution in [3.8, 4) is 0 Å². The van der Waals surface area contributed by atoms with E-state index < -0.39 is 0 Å². The van der Waals surface area contributed by atoms with Gasteiger partial charge in [0.05, 0.1) is 19.3 Å². The number of rotatable bonds is 5. The number of hydrogen-bond acceptors (Lipinski definition) is 4. The predicted molar refractivity (Wildman–Crippen MR) is 94.9 cm³/mol. The first-order valence-electron chi connectivity index (χ1n) is 8.40. The molecule has 1 saturated heterocycles. The Morgan fingerprint density at radius 3 is 2.79 bits per heavy atom. The molecule has 1 unspecified atom stereocenters. The molecule has 0 bridgehead atoms. The Labute approximate surface area is 143 Å². The standard InChI is InChI=1S/C18H25N5O/c1-15-12-21(2)10-11-22(15)14-18(24)20-17-8-9-19-23(17)13-16-6-4-3-5-7-16/h3-9,15H,10-14H2,1-2H3,(H,20,24). The maximum Gasteiger partial charge on any atom is 0.239 e. The van der Waals surface area contributed by atoms with Crippen molar-refractivity contribution in [1.82, 2.24) is 19.6 Å². The Hall–Kier alpha value is -2.18. The molecular formula is C18H25N5O. The molecule has 0 radical (unpaired) electrons. The summed E-state index contributed by atoms with van der Waals surface area (Å²) >= 11 is 0. The van der Waals surface area contributed by atoms with E-state index in [0.29, 0.717) is 19.1 Å². The van der Waals surface area contributed by atoms with E-state index in [9.17, 15) is 4.79 Å². The van der Waals surface area contributed by atoms with Gasteiger partial charge in [-0.25, -0.2) is 4.68 Å². The molecule has 6 nitrogen and oxygen atoms in total. The molecule has 0 aliphatic carbocycles. The number of aromatic nitrogens is 2. The lowest BCUT2D eigenvalue weighted by atomic mass is 10.2. The topological polar surface area (TPSA) is 53.4 Å². The van der Waals surface area contributed by atoms with Gasteiger partial charge < -0.3 is 10.2 Å². The summed E-state index contributed by atoms with van der Waals surface area (Å²) in [4.78, 5) is 16.9. The second-order valence-electron chi connectivity index (χ2n) is 6.49. The van der Waals surface area contributed by atoms with Crippen LogP contribution in [0, 0.1) is 0 Å². The van der Waals surface area contributed by atoms with E-state index in [0.717, 1.165) is 31.0 Å². The number of piperazine rings is 1. The Kier molecular flexibility index (Phi) is 5.27. The predicted octanol–water partition coefficient (Wildman–Crippen LogP) is 1.51. The fraction of sp³-hybridized carbons (Fsp3) is 0.444. The number of benzene rings is 1. The Balaban J connectivity index is 1.58. The number of carbonyl (C=O) groups is 1. The highest BCUT2D eigenvalue weighted by molar-refractivity contribution is 5.91. The molecule has 3 rings (SSSR count). The van der Waals surface area contributed by atoms with Gasteiger partial charge in [0, 0.05) is 31.7 Å². The van der Waals surface area contributed by atoms with Crippen molar-refractivity contribution >= 4 is 11.7 Å². The molecule has 24 heavy (non-hydrogen) atoms. The van der Waals surface area contributed by atoms with Gasteiger partial charge in [-0.3, -0.25) is 9.69 Å². The fourth-order valence-corrected chi connectivity index (χ4v) is 3.10. The average molecular weight is 327 g/mol. The summed E-state index contributed by atoms with van der Waals surface area (Å²) in [5, 5.41) is 7.31. The number of nitrogens with zero attached hydrogens (tertiary/aromatic N) is 4. The normalized spacial score (nSPS) is 19.3. The molecule has 0 saturated carbocycles. The lowest BCUT2D eigenvalue weighted by Gasteiger charge is -2.37. The highest BCUT2D eigenvalue weighted by Crippen LogP contribution is 2.11. The molecule has 2 heterocycles. The number of nitrogens with one attached hydrogen (secondary N) is 1. The zero-order chi connectivity index (χ0) is 16.9. The van der Waals surface area contributed by atoms with Gasteiger partial charge in [0.1, 0.15) is 5.82 Å². The molecule has 0 spiro atoms. The third-order valence-corrected chi connectivity index (χ3v) is 4.47. The molecule has 1 N–H and O–H groups in total. The molecule has 1 aliphatic heterocycles. The quantitative estimate of drug-likeness (QED) is 0.904. The highest BCUT2D eigenvalue weighted by atomic mass is 16.2. The third-order valence-electron chi connectivity index (χ3n) is 4.47.